The van der Waals surface area contributed by atoms with E-state index in [1.165, 1.54) is 18.3 Å². The predicted octanol–water partition coefficient (Wildman–Crippen LogP) is 3.97. The number of rotatable bonds is 3. The summed E-state index contributed by atoms with van der Waals surface area (Å²) in [7, 11) is 0. The van der Waals surface area contributed by atoms with Crippen molar-refractivity contribution in [3.8, 4) is 11.6 Å². The number of nitrogens with zero attached hydrogens (tertiary/aromatic N) is 1. The molecule has 1 aromatic heterocycles. The minimum atomic E-state index is -1.09. The van der Waals surface area contributed by atoms with Gasteiger partial charge in [0.2, 0.25) is 0 Å². The van der Waals surface area contributed by atoms with E-state index in [0.717, 1.165) is 6.07 Å². The molecule has 1 aromatic carbocycles. The fraction of sp³-hybridized carbons (Fsp3) is 0. The zero-order valence-electron chi connectivity index (χ0n) is 9.23. The van der Waals surface area contributed by atoms with E-state index in [9.17, 15) is 9.18 Å². The molecule has 0 saturated carbocycles. The minimum absolute atomic E-state index is 0.0461. The molecule has 19 heavy (non-hydrogen) atoms. The van der Waals surface area contributed by atoms with Crippen molar-refractivity contribution in [3.63, 3.8) is 0 Å². The van der Waals surface area contributed by atoms with Gasteiger partial charge in [0.05, 0.1) is 14.2 Å². The molecule has 2 rings (SSSR count). The third kappa shape index (κ3) is 3.32. The van der Waals surface area contributed by atoms with Gasteiger partial charge in [-0.15, -0.1) is 0 Å². The molecule has 98 valence electrons. The van der Waals surface area contributed by atoms with Crippen LogP contribution in [-0.2, 0) is 0 Å². The maximum absolute atomic E-state index is 13.5. The average Bonchev–Trinajstić information content (AvgIpc) is 2.34. The Morgan fingerprint density at radius 2 is 2.16 bits per heavy atom. The van der Waals surface area contributed by atoms with E-state index < -0.39 is 11.8 Å². The van der Waals surface area contributed by atoms with E-state index in [4.69, 9.17) is 21.4 Å². The SMILES string of the molecule is O=C(O)c1ccc(I)c(Oc2ncc(Cl)cc2F)c1. The first-order valence-corrected chi connectivity index (χ1v) is 6.45. The molecular formula is C12H6ClFINO3. The topological polar surface area (TPSA) is 59.4 Å². The second-order valence-corrected chi connectivity index (χ2v) is 5.09. The monoisotopic (exact) mass is 393 g/mol. The first kappa shape index (κ1) is 14.0. The Labute approximate surface area is 126 Å². The molecule has 2 aromatic rings. The summed E-state index contributed by atoms with van der Waals surface area (Å²) in [4.78, 5) is 14.6. The highest BCUT2D eigenvalue weighted by Gasteiger charge is 2.12. The van der Waals surface area contributed by atoms with Crippen LogP contribution in [0.2, 0.25) is 5.02 Å². The van der Waals surface area contributed by atoms with Crippen molar-refractivity contribution in [2.45, 2.75) is 0 Å². The van der Waals surface area contributed by atoms with Gasteiger partial charge >= 0.3 is 5.97 Å². The normalized spacial score (nSPS) is 10.3. The zero-order chi connectivity index (χ0) is 14.0. The lowest BCUT2D eigenvalue weighted by molar-refractivity contribution is 0.0696. The molecule has 7 heteroatoms. The van der Waals surface area contributed by atoms with Gasteiger partial charge in [0.1, 0.15) is 5.75 Å². The van der Waals surface area contributed by atoms with E-state index >= 15 is 0 Å². The van der Waals surface area contributed by atoms with Gasteiger partial charge in [-0.25, -0.2) is 14.2 Å². The number of ether oxygens (including phenoxy) is 1. The molecule has 0 saturated heterocycles. The smallest absolute Gasteiger partial charge is 0.335 e. The number of carboxylic acid groups (broad SMARTS) is 1. The molecule has 0 unspecified atom stereocenters. The quantitative estimate of drug-likeness (QED) is 0.802. The first-order valence-electron chi connectivity index (χ1n) is 4.99. The lowest BCUT2D eigenvalue weighted by Gasteiger charge is -2.08. The molecule has 0 aliphatic heterocycles. The Hall–Kier alpha value is -1.41. The van der Waals surface area contributed by atoms with Crippen LogP contribution in [0, 0.1) is 9.39 Å². The van der Waals surface area contributed by atoms with Crippen molar-refractivity contribution in [1.82, 2.24) is 4.98 Å². The van der Waals surface area contributed by atoms with Crippen molar-refractivity contribution in [1.29, 1.82) is 0 Å². The van der Waals surface area contributed by atoms with Gasteiger partial charge in [-0.05, 0) is 46.9 Å². The molecule has 4 nitrogen and oxygen atoms in total. The van der Waals surface area contributed by atoms with Crippen molar-refractivity contribution in [2.24, 2.45) is 0 Å². The summed E-state index contributed by atoms with van der Waals surface area (Å²) in [5.41, 5.74) is 0.0461. The van der Waals surface area contributed by atoms with Gasteiger partial charge in [-0.3, -0.25) is 0 Å². The Kier molecular flexibility index (Phi) is 4.20. The summed E-state index contributed by atoms with van der Waals surface area (Å²) in [6.07, 6.45) is 1.24. The summed E-state index contributed by atoms with van der Waals surface area (Å²) >= 11 is 7.53. The minimum Gasteiger partial charge on any atom is -0.478 e. The highest BCUT2D eigenvalue weighted by Crippen LogP contribution is 2.29. The predicted molar refractivity (Wildman–Crippen MR) is 75.4 cm³/mol. The largest absolute Gasteiger partial charge is 0.478 e. The number of carboxylic acids is 1. The van der Waals surface area contributed by atoms with Gasteiger partial charge < -0.3 is 9.84 Å². The number of hydrogen-bond donors (Lipinski definition) is 1. The van der Waals surface area contributed by atoms with Crippen LogP contribution in [-0.4, -0.2) is 16.1 Å². The number of aromatic nitrogens is 1. The average molecular weight is 394 g/mol. The van der Waals surface area contributed by atoms with Crippen molar-refractivity contribution >= 4 is 40.2 Å². The van der Waals surface area contributed by atoms with Crippen LogP contribution in [0.15, 0.2) is 30.5 Å². The lowest BCUT2D eigenvalue weighted by atomic mass is 10.2. The number of halogens is 3. The maximum Gasteiger partial charge on any atom is 0.335 e. The van der Waals surface area contributed by atoms with Crippen LogP contribution in [0.4, 0.5) is 4.39 Å². The fourth-order valence-electron chi connectivity index (χ4n) is 1.30. The van der Waals surface area contributed by atoms with E-state index in [1.807, 2.05) is 22.6 Å². The third-order valence-electron chi connectivity index (χ3n) is 2.16. The summed E-state index contributed by atoms with van der Waals surface area (Å²) < 4.78 is 19.4. The van der Waals surface area contributed by atoms with Crippen molar-refractivity contribution in [3.05, 3.63) is 50.4 Å². The van der Waals surface area contributed by atoms with E-state index in [1.54, 1.807) is 6.07 Å². The van der Waals surface area contributed by atoms with Crippen molar-refractivity contribution < 1.29 is 19.0 Å². The fourth-order valence-corrected chi connectivity index (χ4v) is 1.89. The molecule has 1 N–H and O–H groups in total. The van der Waals surface area contributed by atoms with Gasteiger partial charge in [-0.1, -0.05) is 11.6 Å². The molecular weight excluding hydrogens is 387 g/mol. The lowest BCUT2D eigenvalue weighted by Crippen LogP contribution is -1.99. The van der Waals surface area contributed by atoms with Crippen LogP contribution in [0.1, 0.15) is 10.4 Å². The van der Waals surface area contributed by atoms with Crippen molar-refractivity contribution in [2.75, 3.05) is 0 Å². The molecule has 0 fully saturated rings. The Morgan fingerprint density at radius 1 is 1.42 bits per heavy atom. The van der Waals surface area contributed by atoms with Crippen LogP contribution >= 0.6 is 34.2 Å². The highest BCUT2D eigenvalue weighted by atomic mass is 127. The van der Waals surface area contributed by atoms with Gasteiger partial charge in [0.15, 0.2) is 5.82 Å². The standard InChI is InChI=1S/C12H6ClFINO3/c13-7-4-8(14)11(16-5-7)19-10-3-6(12(17)18)1-2-9(10)15/h1-5H,(H,17,18). The van der Waals surface area contributed by atoms with Gasteiger partial charge in [-0.2, -0.15) is 0 Å². The van der Waals surface area contributed by atoms with E-state index in [0.29, 0.717) is 3.57 Å². The van der Waals surface area contributed by atoms with Gasteiger partial charge in [0, 0.05) is 6.20 Å². The van der Waals surface area contributed by atoms with Crippen LogP contribution in [0.5, 0.6) is 11.6 Å². The van der Waals surface area contributed by atoms with Crippen LogP contribution < -0.4 is 4.74 Å². The molecule has 0 bridgehead atoms. The summed E-state index contributed by atoms with van der Waals surface area (Å²) in [6.45, 7) is 0. The molecule has 0 atom stereocenters. The molecule has 0 aliphatic carbocycles. The Balaban J connectivity index is 2.37. The van der Waals surface area contributed by atoms with E-state index in [-0.39, 0.29) is 22.2 Å². The number of benzene rings is 1. The Morgan fingerprint density at radius 3 is 2.79 bits per heavy atom. The van der Waals surface area contributed by atoms with Gasteiger partial charge in [0.25, 0.3) is 5.88 Å². The molecule has 0 aliphatic rings. The number of hydrogen-bond acceptors (Lipinski definition) is 3. The number of aromatic carboxylic acids is 1. The number of pyridine rings is 1. The second kappa shape index (κ2) is 5.70. The second-order valence-electron chi connectivity index (χ2n) is 3.49. The molecule has 0 radical (unpaired) electrons. The first-order chi connectivity index (χ1) is 8.97. The molecule has 1 heterocycles. The summed E-state index contributed by atoms with van der Waals surface area (Å²) in [5, 5.41) is 9.04. The zero-order valence-corrected chi connectivity index (χ0v) is 12.1. The summed E-state index contributed by atoms with van der Waals surface area (Å²) in [5.74, 6) is -1.85. The Bertz CT molecular complexity index is 651. The van der Waals surface area contributed by atoms with Crippen LogP contribution in [0.25, 0.3) is 0 Å². The highest BCUT2D eigenvalue weighted by molar-refractivity contribution is 14.1. The maximum atomic E-state index is 13.5. The third-order valence-corrected chi connectivity index (χ3v) is 3.26. The molecule has 0 spiro atoms. The van der Waals surface area contributed by atoms with E-state index in [2.05, 4.69) is 4.98 Å². The molecule has 0 amide bonds. The van der Waals surface area contributed by atoms with Crippen LogP contribution in [0.3, 0.4) is 0 Å². The summed E-state index contributed by atoms with van der Waals surface area (Å²) in [6, 6.07) is 5.37. The number of carbonyl (C=O) groups is 1.